The Hall–Kier alpha value is -2.06. The van der Waals surface area contributed by atoms with Gasteiger partial charge in [-0.1, -0.05) is 30.3 Å². The number of anilines is 1. The van der Waals surface area contributed by atoms with Gasteiger partial charge in [0.05, 0.1) is 17.3 Å². The average molecular weight is 408 g/mol. The van der Waals surface area contributed by atoms with Gasteiger partial charge in [-0.2, -0.15) is 0 Å². The lowest BCUT2D eigenvalue weighted by molar-refractivity contribution is -0.150. The van der Waals surface area contributed by atoms with Gasteiger partial charge in [0.25, 0.3) is 5.91 Å². The number of esters is 1. The van der Waals surface area contributed by atoms with E-state index in [1.54, 1.807) is 6.07 Å². The van der Waals surface area contributed by atoms with Gasteiger partial charge in [-0.25, -0.2) is 8.42 Å². The van der Waals surface area contributed by atoms with Crippen LogP contribution < -0.4 is 5.32 Å². The molecule has 3 rings (SSSR count). The van der Waals surface area contributed by atoms with Crippen molar-refractivity contribution in [3.8, 4) is 0 Å². The maximum absolute atomic E-state index is 12.3. The van der Waals surface area contributed by atoms with E-state index in [0.717, 1.165) is 10.8 Å². The SMILES string of the molecule is C[C@H](OC(=O)CS[C@@H]1CCS(=O)(=O)C1)C(=O)Nc1ccc2ccccc2c1. The van der Waals surface area contributed by atoms with E-state index in [1.165, 1.54) is 18.7 Å². The monoisotopic (exact) mass is 407 g/mol. The molecule has 1 aliphatic rings. The molecule has 6 nitrogen and oxygen atoms in total. The molecular formula is C19H21NO5S2. The van der Waals surface area contributed by atoms with E-state index in [0.29, 0.717) is 12.1 Å². The van der Waals surface area contributed by atoms with Crippen molar-refractivity contribution in [2.24, 2.45) is 0 Å². The summed E-state index contributed by atoms with van der Waals surface area (Å²) in [6, 6.07) is 13.4. The van der Waals surface area contributed by atoms with Crippen molar-refractivity contribution in [3.63, 3.8) is 0 Å². The summed E-state index contributed by atoms with van der Waals surface area (Å²) >= 11 is 1.27. The maximum Gasteiger partial charge on any atom is 0.316 e. The number of thioether (sulfide) groups is 1. The van der Waals surface area contributed by atoms with Crippen LogP contribution in [0.1, 0.15) is 13.3 Å². The first kappa shape index (κ1) is 19.7. The fourth-order valence-electron chi connectivity index (χ4n) is 2.87. The topological polar surface area (TPSA) is 89.5 Å². The fraction of sp³-hybridized carbons (Fsp3) is 0.368. The van der Waals surface area contributed by atoms with Gasteiger partial charge in [-0.3, -0.25) is 9.59 Å². The summed E-state index contributed by atoms with van der Waals surface area (Å²) in [5.74, 6) is -0.626. The molecule has 1 fully saturated rings. The Labute approximate surface area is 162 Å². The molecule has 0 unspecified atom stereocenters. The molecule has 0 aliphatic carbocycles. The second kappa shape index (κ2) is 8.31. The minimum absolute atomic E-state index is 0.0355. The van der Waals surface area contributed by atoms with Crippen LogP contribution >= 0.6 is 11.8 Å². The Morgan fingerprint density at radius 1 is 1.22 bits per heavy atom. The lowest BCUT2D eigenvalue weighted by atomic mass is 10.1. The third-order valence-corrected chi connectivity index (χ3v) is 7.58. The number of rotatable bonds is 6. The predicted molar refractivity (Wildman–Crippen MR) is 108 cm³/mol. The van der Waals surface area contributed by atoms with Crippen LogP contribution in [0, 0.1) is 0 Å². The second-order valence-electron chi connectivity index (χ2n) is 6.52. The smallest absolute Gasteiger partial charge is 0.316 e. The molecule has 2 aromatic rings. The molecule has 144 valence electrons. The molecule has 1 aliphatic heterocycles. The van der Waals surface area contributed by atoms with Gasteiger partial charge < -0.3 is 10.1 Å². The highest BCUT2D eigenvalue weighted by Crippen LogP contribution is 2.24. The van der Waals surface area contributed by atoms with Crippen LogP contribution in [0.3, 0.4) is 0 Å². The summed E-state index contributed by atoms with van der Waals surface area (Å²) < 4.78 is 28.0. The van der Waals surface area contributed by atoms with Crippen LogP contribution in [0.5, 0.6) is 0 Å². The number of sulfone groups is 1. The maximum atomic E-state index is 12.3. The molecule has 0 bridgehead atoms. The van der Waals surface area contributed by atoms with Crippen molar-refractivity contribution in [1.29, 1.82) is 0 Å². The third kappa shape index (κ3) is 5.46. The Balaban J connectivity index is 1.48. The van der Waals surface area contributed by atoms with Crippen LogP contribution in [0.15, 0.2) is 42.5 Å². The van der Waals surface area contributed by atoms with Gasteiger partial charge in [0, 0.05) is 10.9 Å². The molecule has 1 N–H and O–H groups in total. The van der Waals surface area contributed by atoms with Crippen LogP contribution in [-0.4, -0.2) is 48.9 Å². The fourth-order valence-corrected chi connectivity index (χ4v) is 6.30. The molecule has 1 saturated heterocycles. The molecule has 2 atom stereocenters. The van der Waals surface area contributed by atoms with Crippen LogP contribution in [0.25, 0.3) is 10.8 Å². The summed E-state index contributed by atoms with van der Waals surface area (Å²) in [5, 5.41) is 4.74. The minimum Gasteiger partial charge on any atom is -0.452 e. The van der Waals surface area contributed by atoms with Crippen molar-refractivity contribution in [3.05, 3.63) is 42.5 Å². The Bertz CT molecular complexity index is 957. The number of hydrogen-bond donors (Lipinski definition) is 1. The number of nitrogens with one attached hydrogen (secondary N) is 1. The zero-order chi connectivity index (χ0) is 19.4. The Morgan fingerprint density at radius 2 is 1.96 bits per heavy atom. The van der Waals surface area contributed by atoms with E-state index >= 15 is 0 Å². The number of carbonyl (C=O) groups is 2. The van der Waals surface area contributed by atoms with Crippen LogP contribution in [0.2, 0.25) is 0 Å². The van der Waals surface area contributed by atoms with Crippen molar-refractivity contribution in [2.75, 3.05) is 22.6 Å². The van der Waals surface area contributed by atoms with Crippen LogP contribution in [-0.2, 0) is 24.2 Å². The van der Waals surface area contributed by atoms with Crippen LogP contribution in [0.4, 0.5) is 5.69 Å². The van der Waals surface area contributed by atoms with Gasteiger partial charge in [0.15, 0.2) is 15.9 Å². The first-order chi connectivity index (χ1) is 12.8. The molecule has 1 heterocycles. The molecule has 1 amide bonds. The lowest BCUT2D eigenvalue weighted by Gasteiger charge is -2.14. The third-order valence-electron chi connectivity index (χ3n) is 4.32. The van der Waals surface area contributed by atoms with Gasteiger partial charge >= 0.3 is 5.97 Å². The predicted octanol–water partition coefficient (Wildman–Crippen LogP) is 2.63. The zero-order valence-corrected chi connectivity index (χ0v) is 16.5. The number of amides is 1. The number of carbonyl (C=O) groups excluding carboxylic acids is 2. The van der Waals surface area contributed by atoms with Gasteiger partial charge in [0.2, 0.25) is 0 Å². The average Bonchev–Trinajstić information content (AvgIpc) is 2.98. The van der Waals surface area contributed by atoms with E-state index in [1.807, 2.05) is 36.4 Å². The van der Waals surface area contributed by atoms with E-state index in [4.69, 9.17) is 4.74 Å². The zero-order valence-electron chi connectivity index (χ0n) is 14.9. The minimum atomic E-state index is -2.97. The summed E-state index contributed by atoms with van der Waals surface area (Å²) in [6.07, 6.45) is -0.380. The highest BCUT2D eigenvalue weighted by Gasteiger charge is 2.29. The molecular weight excluding hydrogens is 386 g/mol. The standard InChI is InChI=1S/C19H21NO5S2/c1-13(25-18(21)11-26-17-8-9-27(23,24)12-17)19(22)20-16-7-6-14-4-2-3-5-15(14)10-16/h2-7,10,13,17H,8-9,11-12H2,1H3,(H,20,22)/t13-,17+/m0/s1. The van der Waals surface area contributed by atoms with Gasteiger partial charge in [-0.05, 0) is 36.2 Å². The van der Waals surface area contributed by atoms with E-state index in [-0.39, 0.29) is 22.5 Å². The number of hydrogen-bond acceptors (Lipinski definition) is 6. The van der Waals surface area contributed by atoms with Crippen molar-refractivity contribution >= 4 is 49.9 Å². The summed E-state index contributed by atoms with van der Waals surface area (Å²) in [5.41, 5.74) is 0.632. The molecule has 0 saturated carbocycles. The van der Waals surface area contributed by atoms with Crippen molar-refractivity contribution in [2.45, 2.75) is 24.7 Å². The normalized spacial score (nSPS) is 19.5. The van der Waals surface area contributed by atoms with Gasteiger partial charge in [0.1, 0.15) is 0 Å². The lowest BCUT2D eigenvalue weighted by Crippen LogP contribution is -2.30. The second-order valence-corrected chi connectivity index (χ2v) is 10.0. The molecule has 0 spiro atoms. The summed E-state index contributed by atoms with van der Waals surface area (Å²) in [6.45, 7) is 1.51. The highest BCUT2D eigenvalue weighted by molar-refractivity contribution is 8.02. The van der Waals surface area contributed by atoms with Gasteiger partial charge in [-0.15, -0.1) is 11.8 Å². The largest absolute Gasteiger partial charge is 0.452 e. The first-order valence-corrected chi connectivity index (χ1v) is 11.5. The summed E-state index contributed by atoms with van der Waals surface area (Å²) in [4.78, 5) is 24.2. The van der Waals surface area contributed by atoms with Crippen molar-refractivity contribution < 1.29 is 22.7 Å². The van der Waals surface area contributed by atoms with E-state index in [9.17, 15) is 18.0 Å². The quantitative estimate of drug-likeness (QED) is 0.741. The number of benzene rings is 2. The van der Waals surface area contributed by atoms with E-state index in [2.05, 4.69) is 5.32 Å². The highest BCUT2D eigenvalue weighted by atomic mass is 32.2. The number of ether oxygens (including phenoxy) is 1. The first-order valence-electron chi connectivity index (χ1n) is 8.63. The number of fused-ring (bicyclic) bond motifs is 1. The molecule has 0 aromatic heterocycles. The molecule has 8 heteroatoms. The Kier molecular flexibility index (Phi) is 6.06. The molecule has 0 radical (unpaired) electrons. The van der Waals surface area contributed by atoms with E-state index < -0.39 is 27.8 Å². The summed E-state index contributed by atoms with van der Waals surface area (Å²) in [7, 11) is -2.97. The molecule has 27 heavy (non-hydrogen) atoms. The van der Waals surface area contributed by atoms with Crippen molar-refractivity contribution in [1.82, 2.24) is 0 Å². The Morgan fingerprint density at radius 3 is 2.67 bits per heavy atom. The molecule has 2 aromatic carbocycles.